The molecule has 2 heterocycles. The number of nitrogens with one attached hydrogen (secondary N) is 1. The van der Waals surface area contributed by atoms with Gasteiger partial charge in [0.25, 0.3) is 0 Å². The third-order valence-corrected chi connectivity index (χ3v) is 19.3. The average molecular weight is 1430 g/mol. The summed E-state index contributed by atoms with van der Waals surface area (Å²) in [6.07, 6.45) is 88.2. The van der Waals surface area contributed by atoms with Gasteiger partial charge in [0.15, 0.2) is 12.6 Å². The zero-order chi connectivity index (χ0) is 73.7. The lowest BCUT2D eigenvalue weighted by molar-refractivity contribution is -0.359. The molecule has 2 aliphatic heterocycles. The van der Waals surface area contributed by atoms with Gasteiger partial charge in [-0.2, -0.15) is 0 Å². The van der Waals surface area contributed by atoms with Gasteiger partial charge in [-0.25, -0.2) is 0 Å². The molecule has 12 unspecified atom stereocenters. The first-order chi connectivity index (χ1) is 50.1. The molecular weight excluding hydrogens is 1280 g/mol. The number of amides is 1. The smallest absolute Gasteiger partial charge is 0.220 e. The van der Waals surface area contributed by atoms with Gasteiger partial charge in [-0.3, -0.25) is 4.79 Å². The molecule has 102 heavy (non-hydrogen) atoms. The number of ether oxygens (including phenoxy) is 4. The number of hydrogen-bond acceptors (Lipinski definition) is 13. The molecule has 2 saturated heterocycles. The number of allylic oxidation sites excluding steroid dienone is 21. The van der Waals surface area contributed by atoms with Crippen LogP contribution in [0.4, 0.5) is 0 Å². The third-order valence-electron chi connectivity index (χ3n) is 19.3. The lowest BCUT2D eigenvalue weighted by atomic mass is 9.97. The molecular formula is C88H151NO13. The van der Waals surface area contributed by atoms with Gasteiger partial charge in [-0.15, -0.1) is 0 Å². The van der Waals surface area contributed by atoms with Crippen LogP contribution in [0.5, 0.6) is 0 Å². The summed E-state index contributed by atoms with van der Waals surface area (Å²) in [5.74, 6) is -0.254. The molecule has 0 saturated carbocycles. The molecule has 1 amide bonds. The molecule has 0 spiro atoms. The summed E-state index contributed by atoms with van der Waals surface area (Å²) in [6, 6.07) is -0.947. The molecule has 0 aromatic heterocycles. The Morgan fingerprint density at radius 1 is 0.363 bits per heavy atom. The topological polar surface area (TPSA) is 228 Å². The number of carbonyl (C=O) groups excluding carboxylic acids is 1. The van der Waals surface area contributed by atoms with Crippen LogP contribution >= 0.6 is 0 Å². The highest BCUT2D eigenvalue weighted by atomic mass is 16.7. The fourth-order valence-electron chi connectivity index (χ4n) is 12.8. The number of carbonyl (C=O) groups is 1. The van der Waals surface area contributed by atoms with Crippen LogP contribution in [0.1, 0.15) is 322 Å². The van der Waals surface area contributed by atoms with E-state index in [1.165, 1.54) is 193 Å². The van der Waals surface area contributed by atoms with Crippen molar-refractivity contribution in [2.75, 3.05) is 19.8 Å². The van der Waals surface area contributed by atoms with E-state index in [-0.39, 0.29) is 18.9 Å². The van der Waals surface area contributed by atoms with E-state index >= 15 is 0 Å². The Hall–Kier alpha value is -3.87. The Bertz CT molecular complexity index is 2230. The Morgan fingerprint density at radius 2 is 0.686 bits per heavy atom. The van der Waals surface area contributed by atoms with Crippen LogP contribution < -0.4 is 5.32 Å². The van der Waals surface area contributed by atoms with Crippen molar-refractivity contribution < 1.29 is 64.6 Å². The SMILES string of the molecule is CC/C=C\C/C=C\C/C=C\C/C=C\C/C=C\C/C=C\C/C=C\C/C=C\CCCCCCCCCCCCCCCCCCC(=O)NC(COC1OC(CO)C(OC2OC(CO)C(O)C(O)C2O)C(O)C1O)C(O)/C=C/CC/C=C/CC/C=C/CCCCCCCCCCCCCCCCCCC. The summed E-state index contributed by atoms with van der Waals surface area (Å²) in [4.78, 5) is 13.4. The summed E-state index contributed by atoms with van der Waals surface area (Å²) in [7, 11) is 0. The van der Waals surface area contributed by atoms with Crippen molar-refractivity contribution in [1.82, 2.24) is 5.32 Å². The van der Waals surface area contributed by atoms with Crippen molar-refractivity contribution in [1.29, 1.82) is 0 Å². The minimum Gasteiger partial charge on any atom is -0.394 e. The largest absolute Gasteiger partial charge is 0.394 e. The molecule has 2 fully saturated rings. The van der Waals surface area contributed by atoms with E-state index in [0.717, 1.165) is 96.3 Å². The quantitative estimate of drug-likeness (QED) is 0.0204. The van der Waals surface area contributed by atoms with Crippen molar-refractivity contribution in [2.24, 2.45) is 0 Å². The number of aliphatic hydroxyl groups excluding tert-OH is 8. The minimum atomic E-state index is -1.80. The van der Waals surface area contributed by atoms with Crippen LogP contribution in [0, 0.1) is 0 Å². The van der Waals surface area contributed by atoms with Crippen LogP contribution in [0.2, 0.25) is 0 Å². The summed E-state index contributed by atoms with van der Waals surface area (Å²) in [5.41, 5.74) is 0. The van der Waals surface area contributed by atoms with Crippen LogP contribution in [-0.2, 0) is 23.7 Å². The lowest BCUT2D eigenvalue weighted by Gasteiger charge is -2.46. The van der Waals surface area contributed by atoms with Crippen molar-refractivity contribution in [3.63, 3.8) is 0 Å². The number of unbranched alkanes of at least 4 members (excludes halogenated alkanes) is 35. The van der Waals surface area contributed by atoms with Crippen LogP contribution in [0.15, 0.2) is 134 Å². The first kappa shape index (κ1) is 94.2. The molecule has 2 rings (SSSR count). The molecule has 9 N–H and O–H groups in total. The van der Waals surface area contributed by atoms with E-state index in [9.17, 15) is 45.6 Å². The van der Waals surface area contributed by atoms with E-state index in [0.29, 0.717) is 12.8 Å². The maximum Gasteiger partial charge on any atom is 0.220 e. The Labute approximate surface area is 621 Å². The van der Waals surface area contributed by atoms with E-state index in [1.807, 2.05) is 6.08 Å². The van der Waals surface area contributed by atoms with Crippen molar-refractivity contribution in [3.05, 3.63) is 134 Å². The van der Waals surface area contributed by atoms with Crippen molar-refractivity contribution in [3.8, 4) is 0 Å². The highest BCUT2D eigenvalue weighted by molar-refractivity contribution is 5.76. The summed E-state index contributed by atoms with van der Waals surface area (Å²) in [6.45, 7) is 2.69. The first-order valence-electron chi connectivity index (χ1n) is 41.4. The minimum absolute atomic E-state index is 0.254. The second-order valence-electron chi connectivity index (χ2n) is 28.5. The standard InChI is InChI=1S/C88H151NO13/c1-3-5-7-9-11-13-15-17-19-21-23-25-27-29-31-32-33-34-35-36-37-38-39-40-41-42-43-44-46-48-50-52-54-56-58-60-62-64-66-68-70-72-80(93)89-76(75-99-87-85(98)83(96)86(79(74-91)101-87)102-88-84(97)82(95)81(94)78(73-90)100-88)77(92)71-69-67-65-63-61-59-57-55-53-51-49-47-45-30-28-26-24-22-20-18-16-14-12-10-8-6-4-2/h5,7,11,13,17,19,23,25,29,31,33-34,36-37,39-40,53,55,61,63,69,71,76-79,81-88,90-92,94-98H,3-4,6,8-10,12,14-16,18,20-22,24,26-28,30,32,35,38,41-52,54,56-60,62,64-68,70,72-75H2,1-2H3,(H,89,93)/b7-5-,13-11-,19-17-,25-23-,31-29-,34-33-,37-36-,40-39-,55-53+,63-61+,71-69+. The molecule has 14 heteroatoms. The van der Waals surface area contributed by atoms with E-state index < -0.39 is 86.8 Å². The highest BCUT2D eigenvalue weighted by Gasteiger charge is 2.51. The molecule has 0 aromatic carbocycles. The molecule has 14 nitrogen and oxygen atoms in total. The predicted molar refractivity (Wildman–Crippen MR) is 424 cm³/mol. The Kier molecular flexibility index (Phi) is 64.8. The van der Waals surface area contributed by atoms with Gasteiger partial charge in [0.05, 0.1) is 32.0 Å². The predicted octanol–water partition coefficient (Wildman–Crippen LogP) is 19.4. The molecule has 586 valence electrons. The summed E-state index contributed by atoms with van der Waals surface area (Å²) >= 11 is 0. The number of rotatable bonds is 68. The van der Waals surface area contributed by atoms with Gasteiger partial charge < -0.3 is 65.1 Å². The van der Waals surface area contributed by atoms with Gasteiger partial charge in [-0.05, 0) is 109 Å². The zero-order valence-electron chi connectivity index (χ0n) is 64.3. The first-order valence-corrected chi connectivity index (χ1v) is 41.4. The second kappa shape index (κ2) is 70.1. The van der Waals surface area contributed by atoms with Gasteiger partial charge in [-0.1, -0.05) is 340 Å². The number of hydrogen-bond donors (Lipinski definition) is 9. The van der Waals surface area contributed by atoms with Gasteiger partial charge in [0.1, 0.15) is 48.8 Å². The molecule has 2 aliphatic rings. The molecule has 0 radical (unpaired) electrons. The lowest BCUT2D eigenvalue weighted by Crippen LogP contribution is -2.65. The highest BCUT2D eigenvalue weighted by Crippen LogP contribution is 2.30. The zero-order valence-corrected chi connectivity index (χ0v) is 64.3. The number of aliphatic hydroxyl groups is 8. The fourth-order valence-corrected chi connectivity index (χ4v) is 12.8. The van der Waals surface area contributed by atoms with Crippen LogP contribution in [0.25, 0.3) is 0 Å². The van der Waals surface area contributed by atoms with Gasteiger partial charge in [0.2, 0.25) is 5.91 Å². The van der Waals surface area contributed by atoms with Gasteiger partial charge >= 0.3 is 0 Å². The molecule has 0 bridgehead atoms. The normalized spacial score (nSPS) is 22.4. The van der Waals surface area contributed by atoms with E-state index in [4.69, 9.17) is 18.9 Å². The van der Waals surface area contributed by atoms with Crippen molar-refractivity contribution >= 4 is 5.91 Å². The monoisotopic (exact) mass is 1430 g/mol. The van der Waals surface area contributed by atoms with Crippen LogP contribution in [0.3, 0.4) is 0 Å². The molecule has 0 aliphatic carbocycles. The second-order valence-corrected chi connectivity index (χ2v) is 28.5. The summed E-state index contributed by atoms with van der Waals surface area (Å²) < 4.78 is 22.9. The Morgan fingerprint density at radius 3 is 1.08 bits per heavy atom. The van der Waals surface area contributed by atoms with E-state index in [1.54, 1.807) is 6.08 Å². The summed E-state index contributed by atoms with van der Waals surface area (Å²) in [5, 5.41) is 87.7. The maximum absolute atomic E-state index is 13.4. The maximum atomic E-state index is 13.4. The molecule has 0 aromatic rings. The van der Waals surface area contributed by atoms with E-state index in [2.05, 4.69) is 141 Å². The van der Waals surface area contributed by atoms with Crippen molar-refractivity contribution in [2.45, 2.75) is 396 Å². The van der Waals surface area contributed by atoms with Gasteiger partial charge in [0, 0.05) is 6.42 Å². The third kappa shape index (κ3) is 52.2. The van der Waals surface area contributed by atoms with Crippen LogP contribution in [-0.4, -0.2) is 140 Å². The average Bonchev–Trinajstić information content (AvgIpc) is 0.790. The molecule has 12 atom stereocenters. The Balaban J connectivity index is 1.61. The fraction of sp³-hybridized carbons (Fsp3) is 0.739.